The molecule has 0 bridgehead atoms. The highest BCUT2D eigenvalue weighted by Gasteiger charge is 2.23. The molecule has 2 unspecified atom stereocenters. The Kier molecular flexibility index (Phi) is 11.4. The molecule has 1 amide bonds. The zero-order valence-corrected chi connectivity index (χ0v) is 13.8. The smallest absolute Gasteiger partial charge is 0.306 e. The number of ketones is 1. The van der Waals surface area contributed by atoms with Crippen LogP contribution in [0.5, 0.6) is 0 Å². The van der Waals surface area contributed by atoms with Crippen LogP contribution in [0.4, 0.5) is 0 Å². The zero-order chi connectivity index (χ0) is 17.0. The van der Waals surface area contributed by atoms with Crippen LogP contribution in [0.15, 0.2) is 0 Å². The number of carboxylic acid groups (broad SMARTS) is 1. The highest BCUT2D eigenvalue weighted by molar-refractivity contribution is 5.85. The van der Waals surface area contributed by atoms with Crippen molar-refractivity contribution in [3.05, 3.63) is 0 Å². The maximum absolute atomic E-state index is 12.1. The summed E-state index contributed by atoms with van der Waals surface area (Å²) in [6.45, 7) is 4.47. The van der Waals surface area contributed by atoms with E-state index in [0.29, 0.717) is 25.9 Å². The lowest BCUT2D eigenvalue weighted by atomic mass is 9.89. The van der Waals surface area contributed by atoms with Crippen LogP contribution in [0.2, 0.25) is 0 Å². The van der Waals surface area contributed by atoms with Crippen molar-refractivity contribution in [2.24, 2.45) is 17.6 Å². The molecule has 4 N–H and O–H groups in total. The Morgan fingerprint density at radius 1 is 1.09 bits per heavy atom. The van der Waals surface area contributed by atoms with Crippen molar-refractivity contribution < 1.29 is 19.5 Å². The first-order valence-electron chi connectivity index (χ1n) is 8.08. The highest BCUT2D eigenvalue weighted by atomic mass is 16.4. The third-order valence-electron chi connectivity index (χ3n) is 3.79. The number of amides is 1. The number of nitrogens with two attached hydrogens (primary N) is 1. The standard InChI is InChI=1S/C16H30N2O4/c1-12(7-3-5-9-17)15(20)11-14(16(21)22)8-4-6-10-18-13(2)19/h12,14H,3-11,17H2,1-2H3,(H,18,19)(H,21,22). The van der Waals surface area contributed by atoms with E-state index < -0.39 is 11.9 Å². The minimum Gasteiger partial charge on any atom is -0.481 e. The van der Waals surface area contributed by atoms with Gasteiger partial charge in [-0.3, -0.25) is 14.4 Å². The number of rotatable bonds is 13. The molecule has 0 aliphatic carbocycles. The van der Waals surface area contributed by atoms with Gasteiger partial charge in [-0.1, -0.05) is 19.8 Å². The Morgan fingerprint density at radius 3 is 2.27 bits per heavy atom. The number of Topliss-reactive ketones (excluding diaryl/α,β-unsaturated/α-hetero) is 1. The predicted octanol–water partition coefficient (Wildman–Crippen LogP) is 1.72. The Hall–Kier alpha value is -1.43. The van der Waals surface area contributed by atoms with Crippen molar-refractivity contribution in [1.29, 1.82) is 0 Å². The van der Waals surface area contributed by atoms with Gasteiger partial charge < -0.3 is 16.2 Å². The second-order valence-corrected chi connectivity index (χ2v) is 5.87. The molecule has 0 aromatic carbocycles. The maximum atomic E-state index is 12.1. The van der Waals surface area contributed by atoms with Gasteiger partial charge >= 0.3 is 5.97 Å². The van der Waals surface area contributed by atoms with Gasteiger partial charge in [0.25, 0.3) is 0 Å². The van der Waals surface area contributed by atoms with Gasteiger partial charge in [0.1, 0.15) is 5.78 Å². The number of aliphatic carboxylic acids is 1. The van der Waals surface area contributed by atoms with Gasteiger partial charge in [0.15, 0.2) is 0 Å². The molecular weight excluding hydrogens is 284 g/mol. The summed E-state index contributed by atoms with van der Waals surface area (Å²) in [5.74, 6) is -1.71. The molecule has 0 saturated heterocycles. The first-order valence-corrected chi connectivity index (χ1v) is 8.08. The number of hydrogen-bond donors (Lipinski definition) is 3. The summed E-state index contributed by atoms with van der Waals surface area (Å²) in [5, 5.41) is 11.9. The molecule has 2 atom stereocenters. The second kappa shape index (κ2) is 12.1. The molecule has 6 heteroatoms. The van der Waals surface area contributed by atoms with E-state index in [-0.39, 0.29) is 24.0 Å². The van der Waals surface area contributed by atoms with Gasteiger partial charge in [-0.05, 0) is 32.2 Å². The third-order valence-corrected chi connectivity index (χ3v) is 3.79. The summed E-state index contributed by atoms with van der Waals surface area (Å²) >= 11 is 0. The molecule has 0 radical (unpaired) electrons. The number of unbranched alkanes of at least 4 members (excludes halogenated alkanes) is 2. The predicted molar refractivity (Wildman–Crippen MR) is 85.4 cm³/mol. The van der Waals surface area contributed by atoms with Gasteiger partial charge in [-0.2, -0.15) is 0 Å². The summed E-state index contributed by atoms with van der Waals surface area (Å²) in [4.78, 5) is 34.0. The molecule has 0 rings (SSSR count). The van der Waals surface area contributed by atoms with Crippen LogP contribution in [0.25, 0.3) is 0 Å². The first kappa shape index (κ1) is 20.6. The highest BCUT2D eigenvalue weighted by Crippen LogP contribution is 2.19. The van der Waals surface area contributed by atoms with Crippen molar-refractivity contribution in [3.8, 4) is 0 Å². The normalized spacial score (nSPS) is 13.4. The summed E-state index contributed by atoms with van der Waals surface area (Å²) in [6, 6.07) is 0. The van der Waals surface area contributed by atoms with Crippen molar-refractivity contribution >= 4 is 17.7 Å². The number of carboxylic acids is 1. The summed E-state index contributed by atoms with van der Waals surface area (Å²) in [7, 11) is 0. The van der Waals surface area contributed by atoms with Crippen molar-refractivity contribution in [3.63, 3.8) is 0 Å². The minimum absolute atomic E-state index is 0.0197. The molecule has 128 valence electrons. The number of nitrogens with one attached hydrogen (secondary N) is 1. The molecule has 0 heterocycles. The molecule has 0 aliphatic rings. The minimum atomic E-state index is -0.915. The molecule has 22 heavy (non-hydrogen) atoms. The molecule has 0 aromatic heterocycles. The average Bonchev–Trinajstić information content (AvgIpc) is 2.45. The molecule has 0 spiro atoms. The summed E-state index contributed by atoms with van der Waals surface area (Å²) in [5.41, 5.74) is 5.42. The first-order chi connectivity index (χ1) is 10.4. The van der Waals surface area contributed by atoms with Gasteiger partial charge in [-0.25, -0.2) is 0 Å². The van der Waals surface area contributed by atoms with Crippen molar-refractivity contribution in [2.45, 2.75) is 58.8 Å². The molecule has 0 fully saturated rings. The molecule has 0 aliphatic heterocycles. The number of carbonyl (C=O) groups excluding carboxylic acids is 2. The van der Waals surface area contributed by atoms with Gasteiger partial charge in [0.2, 0.25) is 5.91 Å². The van der Waals surface area contributed by atoms with Crippen LogP contribution in [-0.4, -0.2) is 35.9 Å². The van der Waals surface area contributed by atoms with E-state index in [0.717, 1.165) is 25.7 Å². The van der Waals surface area contributed by atoms with E-state index in [1.54, 1.807) is 0 Å². The molecule has 0 aromatic rings. The number of carbonyl (C=O) groups is 3. The fraction of sp³-hybridized carbons (Fsp3) is 0.812. The van der Waals surface area contributed by atoms with Crippen LogP contribution in [0.1, 0.15) is 58.8 Å². The quantitative estimate of drug-likeness (QED) is 0.448. The Morgan fingerprint density at radius 2 is 1.73 bits per heavy atom. The van der Waals surface area contributed by atoms with Gasteiger partial charge in [-0.15, -0.1) is 0 Å². The van der Waals surface area contributed by atoms with Crippen LogP contribution < -0.4 is 11.1 Å². The van der Waals surface area contributed by atoms with Crippen LogP contribution in [0.3, 0.4) is 0 Å². The van der Waals surface area contributed by atoms with E-state index in [1.807, 2.05) is 6.92 Å². The van der Waals surface area contributed by atoms with Gasteiger partial charge in [0.05, 0.1) is 5.92 Å². The van der Waals surface area contributed by atoms with E-state index in [4.69, 9.17) is 5.73 Å². The van der Waals surface area contributed by atoms with Crippen LogP contribution in [0, 0.1) is 11.8 Å². The van der Waals surface area contributed by atoms with E-state index >= 15 is 0 Å². The maximum Gasteiger partial charge on any atom is 0.306 e. The van der Waals surface area contributed by atoms with Crippen molar-refractivity contribution in [1.82, 2.24) is 5.32 Å². The fourth-order valence-corrected chi connectivity index (χ4v) is 2.29. The number of hydrogen-bond acceptors (Lipinski definition) is 4. The van der Waals surface area contributed by atoms with Crippen LogP contribution in [-0.2, 0) is 14.4 Å². The van der Waals surface area contributed by atoms with E-state index in [1.165, 1.54) is 6.92 Å². The monoisotopic (exact) mass is 314 g/mol. The fourth-order valence-electron chi connectivity index (χ4n) is 2.29. The topological polar surface area (TPSA) is 109 Å². The molecule has 0 saturated carbocycles. The Bertz CT molecular complexity index is 358. The van der Waals surface area contributed by atoms with E-state index in [2.05, 4.69) is 5.32 Å². The SMILES string of the molecule is CC(=O)NCCCCC(CC(=O)C(C)CCCCN)C(=O)O. The summed E-state index contributed by atoms with van der Waals surface area (Å²) in [6.07, 6.45) is 4.54. The lowest BCUT2D eigenvalue weighted by Crippen LogP contribution is -2.23. The average molecular weight is 314 g/mol. The third kappa shape index (κ3) is 10.3. The van der Waals surface area contributed by atoms with Crippen molar-refractivity contribution in [2.75, 3.05) is 13.1 Å². The van der Waals surface area contributed by atoms with E-state index in [9.17, 15) is 19.5 Å². The lowest BCUT2D eigenvalue weighted by Gasteiger charge is -2.15. The summed E-state index contributed by atoms with van der Waals surface area (Å²) < 4.78 is 0. The molecular formula is C16H30N2O4. The van der Waals surface area contributed by atoms with Gasteiger partial charge in [0, 0.05) is 25.8 Å². The Balaban J connectivity index is 4.09. The Labute approximate surface area is 132 Å². The lowest BCUT2D eigenvalue weighted by molar-refractivity contribution is -0.144. The zero-order valence-electron chi connectivity index (χ0n) is 13.8. The molecule has 6 nitrogen and oxygen atoms in total. The van der Waals surface area contributed by atoms with Crippen LogP contribution >= 0.6 is 0 Å². The largest absolute Gasteiger partial charge is 0.481 e. The second-order valence-electron chi connectivity index (χ2n) is 5.87.